The molecule has 33 heavy (non-hydrogen) atoms. The molecule has 4 rings (SSSR count). The van der Waals surface area contributed by atoms with Gasteiger partial charge in [0.25, 0.3) is 17.2 Å². The number of carbonyl (C=O) groups is 1. The minimum atomic E-state index is -0.572. The highest BCUT2D eigenvalue weighted by atomic mass is 16.6. The van der Waals surface area contributed by atoms with Crippen LogP contribution in [0.15, 0.2) is 75.0 Å². The van der Waals surface area contributed by atoms with Crippen molar-refractivity contribution in [2.45, 2.75) is 19.9 Å². The largest absolute Gasteiger partial charge is 0.455 e. The molecule has 0 saturated heterocycles. The van der Waals surface area contributed by atoms with Gasteiger partial charge in [-0.1, -0.05) is 37.3 Å². The number of amides is 1. The maximum atomic E-state index is 12.7. The first kappa shape index (κ1) is 21.6. The first-order valence-corrected chi connectivity index (χ1v) is 10.2. The fourth-order valence-corrected chi connectivity index (χ4v) is 3.32. The Morgan fingerprint density at radius 2 is 1.97 bits per heavy atom. The predicted octanol–water partition coefficient (Wildman–Crippen LogP) is 3.74. The SMILES string of the molecule is CCCn1nc(C(=O)N/N=C/c2ccc(-c3cccc([N+](=O)[O-])c3)o2)c2ccccc2c1=O. The Labute approximate surface area is 187 Å². The lowest BCUT2D eigenvalue weighted by Crippen LogP contribution is -2.29. The number of hydrogen-bond acceptors (Lipinski definition) is 7. The minimum absolute atomic E-state index is 0.0458. The van der Waals surface area contributed by atoms with Crippen molar-refractivity contribution in [1.82, 2.24) is 15.2 Å². The maximum Gasteiger partial charge on any atom is 0.292 e. The molecule has 2 aromatic heterocycles. The number of nitro groups is 1. The second kappa shape index (κ2) is 9.27. The summed E-state index contributed by atoms with van der Waals surface area (Å²) in [6.07, 6.45) is 2.00. The second-order valence-electron chi connectivity index (χ2n) is 7.13. The van der Waals surface area contributed by atoms with E-state index in [-0.39, 0.29) is 16.9 Å². The number of nitrogens with one attached hydrogen (secondary N) is 1. The van der Waals surface area contributed by atoms with Gasteiger partial charge in [-0.15, -0.1) is 0 Å². The van der Waals surface area contributed by atoms with Crippen LogP contribution in [0.5, 0.6) is 0 Å². The maximum absolute atomic E-state index is 12.7. The molecule has 0 aliphatic carbocycles. The molecule has 2 aromatic carbocycles. The normalized spacial score (nSPS) is 11.2. The molecule has 0 radical (unpaired) electrons. The van der Waals surface area contributed by atoms with Gasteiger partial charge in [0.05, 0.1) is 16.5 Å². The molecule has 1 N–H and O–H groups in total. The number of hydrogen-bond donors (Lipinski definition) is 1. The van der Waals surface area contributed by atoms with Gasteiger partial charge in [0, 0.05) is 29.6 Å². The van der Waals surface area contributed by atoms with Gasteiger partial charge in [-0.2, -0.15) is 10.2 Å². The van der Waals surface area contributed by atoms with Crippen LogP contribution < -0.4 is 11.0 Å². The zero-order valence-corrected chi connectivity index (χ0v) is 17.6. The summed E-state index contributed by atoms with van der Waals surface area (Å²) in [6, 6.07) is 16.1. The van der Waals surface area contributed by atoms with Crippen molar-refractivity contribution in [2.24, 2.45) is 5.10 Å². The zero-order chi connectivity index (χ0) is 23.4. The Bertz CT molecular complexity index is 1440. The van der Waals surface area contributed by atoms with E-state index >= 15 is 0 Å². The third-order valence-electron chi connectivity index (χ3n) is 4.84. The summed E-state index contributed by atoms with van der Waals surface area (Å²) in [5, 5.41) is 19.9. The lowest BCUT2D eigenvalue weighted by molar-refractivity contribution is -0.384. The van der Waals surface area contributed by atoms with Gasteiger partial charge in [-0.25, -0.2) is 10.1 Å². The molecule has 1 amide bonds. The predicted molar refractivity (Wildman–Crippen MR) is 122 cm³/mol. The molecule has 0 saturated carbocycles. The van der Waals surface area contributed by atoms with E-state index in [0.29, 0.717) is 40.8 Å². The average molecular weight is 445 g/mol. The van der Waals surface area contributed by atoms with Gasteiger partial charge in [0.15, 0.2) is 5.69 Å². The van der Waals surface area contributed by atoms with Crippen molar-refractivity contribution in [3.8, 4) is 11.3 Å². The molecule has 10 nitrogen and oxygen atoms in total. The molecule has 0 unspecified atom stereocenters. The van der Waals surface area contributed by atoms with Gasteiger partial charge >= 0.3 is 0 Å². The number of hydrazone groups is 1. The van der Waals surface area contributed by atoms with Gasteiger partial charge in [-0.05, 0) is 24.6 Å². The summed E-state index contributed by atoms with van der Waals surface area (Å²) in [4.78, 5) is 35.8. The van der Waals surface area contributed by atoms with Crippen LogP contribution in [0.25, 0.3) is 22.1 Å². The summed E-state index contributed by atoms with van der Waals surface area (Å²) in [5.74, 6) is 0.189. The number of carbonyl (C=O) groups excluding carboxylic acids is 1. The lowest BCUT2D eigenvalue weighted by Gasteiger charge is -2.09. The molecular formula is C23H19N5O5. The molecule has 166 valence electrons. The quantitative estimate of drug-likeness (QED) is 0.262. The molecular weight excluding hydrogens is 426 g/mol. The third kappa shape index (κ3) is 4.54. The number of furan rings is 1. The van der Waals surface area contributed by atoms with Crippen LogP contribution in [-0.4, -0.2) is 26.8 Å². The molecule has 2 heterocycles. The van der Waals surface area contributed by atoms with Gasteiger partial charge in [0.1, 0.15) is 11.5 Å². The van der Waals surface area contributed by atoms with Crippen LogP contribution in [0.3, 0.4) is 0 Å². The van der Waals surface area contributed by atoms with Gasteiger partial charge < -0.3 is 4.42 Å². The average Bonchev–Trinajstić information content (AvgIpc) is 3.30. The number of aromatic nitrogens is 2. The Morgan fingerprint density at radius 1 is 1.18 bits per heavy atom. The van der Waals surface area contributed by atoms with E-state index in [1.54, 1.807) is 48.5 Å². The number of aryl methyl sites for hydroxylation is 1. The van der Waals surface area contributed by atoms with Crippen molar-refractivity contribution in [3.05, 3.63) is 92.6 Å². The molecule has 0 fully saturated rings. The Kier molecular flexibility index (Phi) is 6.07. The smallest absolute Gasteiger partial charge is 0.292 e. The van der Waals surface area contributed by atoms with Crippen LogP contribution in [0.1, 0.15) is 29.6 Å². The van der Waals surface area contributed by atoms with E-state index in [0.717, 1.165) is 0 Å². The van der Waals surface area contributed by atoms with Crippen LogP contribution >= 0.6 is 0 Å². The fourth-order valence-electron chi connectivity index (χ4n) is 3.32. The van der Waals surface area contributed by atoms with Crippen molar-refractivity contribution in [3.63, 3.8) is 0 Å². The highest BCUT2D eigenvalue weighted by Gasteiger charge is 2.16. The molecule has 0 bridgehead atoms. The Morgan fingerprint density at radius 3 is 2.73 bits per heavy atom. The molecule has 0 aliphatic heterocycles. The van der Waals surface area contributed by atoms with E-state index in [1.807, 2.05) is 6.92 Å². The van der Waals surface area contributed by atoms with Gasteiger partial charge in [-0.3, -0.25) is 19.7 Å². The van der Waals surface area contributed by atoms with Crippen molar-refractivity contribution >= 4 is 28.6 Å². The minimum Gasteiger partial charge on any atom is -0.455 e. The topological polar surface area (TPSA) is 133 Å². The summed E-state index contributed by atoms with van der Waals surface area (Å²) >= 11 is 0. The van der Waals surface area contributed by atoms with Crippen molar-refractivity contribution < 1.29 is 14.1 Å². The van der Waals surface area contributed by atoms with Crippen molar-refractivity contribution in [2.75, 3.05) is 0 Å². The first-order valence-electron chi connectivity index (χ1n) is 10.2. The molecule has 0 atom stereocenters. The number of fused-ring (bicyclic) bond motifs is 1. The van der Waals surface area contributed by atoms with Crippen LogP contribution in [-0.2, 0) is 6.54 Å². The number of benzene rings is 2. The Hall–Kier alpha value is -4.60. The third-order valence-corrected chi connectivity index (χ3v) is 4.84. The molecule has 0 aliphatic rings. The van der Waals surface area contributed by atoms with E-state index in [4.69, 9.17) is 4.42 Å². The second-order valence-corrected chi connectivity index (χ2v) is 7.13. The summed E-state index contributed by atoms with van der Waals surface area (Å²) in [7, 11) is 0. The van der Waals surface area contributed by atoms with E-state index in [2.05, 4.69) is 15.6 Å². The van der Waals surface area contributed by atoms with Crippen LogP contribution in [0, 0.1) is 10.1 Å². The molecule has 10 heteroatoms. The Balaban J connectivity index is 1.54. The molecule has 4 aromatic rings. The zero-order valence-electron chi connectivity index (χ0n) is 17.6. The van der Waals surface area contributed by atoms with Crippen LogP contribution in [0.2, 0.25) is 0 Å². The molecule has 0 spiro atoms. The summed E-state index contributed by atoms with van der Waals surface area (Å²) in [6.45, 7) is 2.30. The van der Waals surface area contributed by atoms with Crippen molar-refractivity contribution in [1.29, 1.82) is 0 Å². The fraction of sp³-hybridized carbons (Fsp3) is 0.130. The number of nitro benzene ring substituents is 1. The highest BCUT2D eigenvalue weighted by molar-refractivity contribution is 6.04. The summed E-state index contributed by atoms with van der Waals surface area (Å²) < 4.78 is 6.92. The number of rotatable bonds is 7. The van der Waals surface area contributed by atoms with E-state index in [9.17, 15) is 19.7 Å². The lowest BCUT2D eigenvalue weighted by atomic mass is 10.1. The standard InChI is InChI=1S/C23H19N5O5/c1-2-12-27-23(30)19-9-4-3-8-18(19)21(26-27)22(29)25-24-14-17-10-11-20(33-17)15-6-5-7-16(13-15)28(31)32/h3-11,13-14H,2,12H2,1H3,(H,25,29)/b24-14+. The highest BCUT2D eigenvalue weighted by Crippen LogP contribution is 2.25. The van der Waals surface area contributed by atoms with E-state index < -0.39 is 10.8 Å². The van der Waals surface area contributed by atoms with E-state index in [1.165, 1.54) is 23.0 Å². The monoisotopic (exact) mass is 445 g/mol. The summed E-state index contributed by atoms with van der Waals surface area (Å²) in [5.41, 5.74) is 2.74. The number of non-ortho nitro benzene ring substituents is 1. The van der Waals surface area contributed by atoms with Gasteiger partial charge in [0.2, 0.25) is 0 Å². The van der Waals surface area contributed by atoms with Crippen LogP contribution in [0.4, 0.5) is 5.69 Å². The first-order chi connectivity index (χ1) is 16.0. The number of nitrogens with zero attached hydrogens (tertiary/aromatic N) is 4.